The van der Waals surface area contributed by atoms with Crippen molar-refractivity contribution < 1.29 is 4.42 Å². The average Bonchev–Trinajstić information content (AvgIpc) is 3.49. The maximum atomic E-state index is 5.65. The topological polar surface area (TPSA) is 61.6 Å². The van der Waals surface area contributed by atoms with Crippen LogP contribution in [0.5, 0.6) is 0 Å². The summed E-state index contributed by atoms with van der Waals surface area (Å²) in [6, 6.07) is 32.0. The monoisotopic (exact) mass is 383 g/mol. The smallest absolute Gasteiger partial charge is 0.149 e. The van der Waals surface area contributed by atoms with Crippen LogP contribution in [0.2, 0.25) is 0 Å². The first-order valence-corrected chi connectivity index (χ1v) is 9.58. The van der Waals surface area contributed by atoms with Crippen molar-refractivity contribution in [3.05, 3.63) is 115 Å². The molecule has 4 aromatic rings. The van der Waals surface area contributed by atoms with Crippen molar-refractivity contribution in [1.82, 2.24) is 5.43 Å². The van der Waals surface area contributed by atoms with Crippen LogP contribution < -0.4 is 16.3 Å². The lowest BCUT2D eigenvalue weighted by molar-refractivity contribution is 0.547. The molecule has 1 unspecified atom stereocenters. The standard InChI is InChI=1S/C24H23N4O/c1-3-12-20(13-4-1)25-27-22(19-10-7-8-11-19)18-23(24-16-9-17-29-24)28-26-21-14-5-2-6-15-21/h1-17,22,25-27H,18H2/q-1/b28-23-. The van der Waals surface area contributed by atoms with Gasteiger partial charge in [0.05, 0.1) is 12.0 Å². The van der Waals surface area contributed by atoms with E-state index >= 15 is 0 Å². The highest BCUT2D eigenvalue weighted by Gasteiger charge is 2.14. The molecule has 1 atom stereocenters. The number of para-hydroxylation sites is 2. The molecule has 3 aromatic carbocycles. The van der Waals surface area contributed by atoms with Gasteiger partial charge in [-0.3, -0.25) is 5.43 Å². The molecule has 0 saturated carbocycles. The molecule has 0 spiro atoms. The van der Waals surface area contributed by atoms with Crippen LogP contribution >= 0.6 is 0 Å². The number of benzene rings is 2. The van der Waals surface area contributed by atoms with Crippen LogP contribution in [0.4, 0.5) is 11.4 Å². The zero-order valence-corrected chi connectivity index (χ0v) is 16.0. The van der Waals surface area contributed by atoms with E-state index in [0.717, 1.165) is 22.8 Å². The summed E-state index contributed by atoms with van der Waals surface area (Å²) in [7, 11) is 0. The second kappa shape index (κ2) is 9.48. The summed E-state index contributed by atoms with van der Waals surface area (Å²) in [5, 5.41) is 4.65. The van der Waals surface area contributed by atoms with Crippen molar-refractivity contribution in [3.8, 4) is 0 Å². The molecule has 0 aliphatic carbocycles. The van der Waals surface area contributed by atoms with Crippen molar-refractivity contribution in [2.45, 2.75) is 12.5 Å². The van der Waals surface area contributed by atoms with E-state index in [1.54, 1.807) is 6.26 Å². The van der Waals surface area contributed by atoms with Crippen molar-refractivity contribution in [3.63, 3.8) is 0 Å². The molecule has 0 aliphatic rings. The van der Waals surface area contributed by atoms with Gasteiger partial charge < -0.3 is 9.84 Å². The molecule has 0 aliphatic heterocycles. The van der Waals surface area contributed by atoms with Crippen LogP contribution in [-0.2, 0) is 0 Å². The number of hydrazine groups is 1. The van der Waals surface area contributed by atoms with E-state index in [0.29, 0.717) is 6.42 Å². The zero-order chi connectivity index (χ0) is 19.7. The largest absolute Gasteiger partial charge is 0.463 e. The lowest BCUT2D eigenvalue weighted by Crippen LogP contribution is -2.29. The minimum absolute atomic E-state index is 0.00614. The van der Waals surface area contributed by atoms with Gasteiger partial charge in [-0.15, -0.1) is 0 Å². The van der Waals surface area contributed by atoms with Crippen LogP contribution in [0.1, 0.15) is 23.8 Å². The van der Waals surface area contributed by atoms with Crippen molar-refractivity contribution in [1.29, 1.82) is 0 Å². The van der Waals surface area contributed by atoms with Crippen LogP contribution in [-0.4, -0.2) is 5.71 Å². The van der Waals surface area contributed by atoms with E-state index in [2.05, 4.69) is 33.5 Å². The Kier molecular flexibility index (Phi) is 6.10. The molecule has 0 amide bonds. The Labute approximate surface area is 170 Å². The molecular weight excluding hydrogens is 360 g/mol. The molecule has 0 saturated heterocycles. The molecule has 5 heteroatoms. The third-order valence-electron chi connectivity index (χ3n) is 4.55. The number of nitrogens with zero attached hydrogens (tertiary/aromatic N) is 1. The third-order valence-corrected chi connectivity index (χ3v) is 4.55. The van der Waals surface area contributed by atoms with E-state index in [-0.39, 0.29) is 6.04 Å². The van der Waals surface area contributed by atoms with Crippen molar-refractivity contribution in [2.75, 3.05) is 10.9 Å². The molecular formula is C24H23N4O-. The fourth-order valence-corrected chi connectivity index (χ4v) is 3.05. The van der Waals surface area contributed by atoms with Crippen LogP contribution in [0.25, 0.3) is 0 Å². The van der Waals surface area contributed by atoms with Crippen molar-refractivity contribution in [2.24, 2.45) is 5.10 Å². The van der Waals surface area contributed by atoms with Gasteiger partial charge in [0.15, 0.2) is 0 Å². The number of nitrogens with one attached hydrogen (secondary N) is 3. The molecule has 0 fully saturated rings. The Morgan fingerprint density at radius 2 is 1.66 bits per heavy atom. The van der Waals surface area contributed by atoms with Gasteiger partial charge >= 0.3 is 0 Å². The molecule has 0 radical (unpaired) electrons. The van der Waals surface area contributed by atoms with E-state index in [4.69, 9.17) is 4.42 Å². The number of anilines is 2. The highest BCUT2D eigenvalue weighted by atomic mass is 16.3. The molecule has 5 nitrogen and oxygen atoms in total. The summed E-state index contributed by atoms with van der Waals surface area (Å²) in [6.07, 6.45) is 2.30. The quantitative estimate of drug-likeness (QED) is 0.201. The number of hydrogen-bond donors (Lipinski definition) is 3. The van der Waals surface area contributed by atoms with E-state index in [9.17, 15) is 0 Å². The Balaban J connectivity index is 1.55. The molecule has 0 bridgehead atoms. The minimum Gasteiger partial charge on any atom is -0.463 e. The second-order valence-corrected chi connectivity index (χ2v) is 6.62. The van der Waals surface area contributed by atoms with Crippen LogP contribution in [0.15, 0.2) is 113 Å². The first-order valence-electron chi connectivity index (χ1n) is 9.58. The fourth-order valence-electron chi connectivity index (χ4n) is 3.05. The second-order valence-electron chi connectivity index (χ2n) is 6.62. The fraction of sp³-hybridized carbons (Fsp3) is 0.0833. The third kappa shape index (κ3) is 5.18. The van der Waals surface area contributed by atoms with E-state index in [1.165, 1.54) is 5.56 Å². The number of hydrazone groups is 1. The highest BCUT2D eigenvalue weighted by Crippen LogP contribution is 2.22. The molecule has 1 heterocycles. The average molecular weight is 383 g/mol. The van der Waals surface area contributed by atoms with Gasteiger partial charge in [0, 0.05) is 18.2 Å². The summed E-state index contributed by atoms with van der Waals surface area (Å²) >= 11 is 0. The minimum atomic E-state index is 0.00614. The zero-order valence-electron chi connectivity index (χ0n) is 16.0. The van der Waals surface area contributed by atoms with Gasteiger partial charge in [-0.05, 0) is 36.4 Å². The first-order chi connectivity index (χ1) is 14.4. The van der Waals surface area contributed by atoms with Gasteiger partial charge in [0.1, 0.15) is 11.5 Å². The van der Waals surface area contributed by atoms with Crippen LogP contribution in [0, 0.1) is 0 Å². The predicted molar refractivity (Wildman–Crippen MR) is 118 cm³/mol. The highest BCUT2D eigenvalue weighted by molar-refractivity contribution is 5.99. The Bertz CT molecular complexity index is 994. The summed E-state index contributed by atoms with van der Waals surface area (Å²) < 4.78 is 5.65. The molecule has 3 N–H and O–H groups in total. The number of furan rings is 1. The molecule has 29 heavy (non-hydrogen) atoms. The summed E-state index contributed by atoms with van der Waals surface area (Å²) in [5.41, 5.74) is 13.8. The van der Waals surface area contributed by atoms with Crippen molar-refractivity contribution >= 4 is 17.1 Å². The normalized spacial score (nSPS) is 12.5. The SMILES string of the molecule is c1ccc(N/N=C(/CC(NNc2ccccc2)c2cc[cH-]c2)c2ccco2)cc1. The van der Waals surface area contributed by atoms with Gasteiger partial charge in [-0.2, -0.15) is 28.9 Å². The van der Waals surface area contributed by atoms with Crippen LogP contribution in [0.3, 0.4) is 0 Å². The molecule has 146 valence electrons. The molecule has 4 rings (SSSR count). The summed E-state index contributed by atoms with van der Waals surface area (Å²) in [6.45, 7) is 0. The Morgan fingerprint density at radius 3 is 2.31 bits per heavy atom. The van der Waals surface area contributed by atoms with Gasteiger partial charge in [-0.1, -0.05) is 36.4 Å². The van der Waals surface area contributed by atoms with Gasteiger partial charge in [-0.25, -0.2) is 11.5 Å². The number of hydrogen-bond acceptors (Lipinski definition) is 5. The number of rotatable bonds is 9. The summed E-state index contributed by atoms with van der Waals surface area (Å²) in [5.74, 6) is 0.742. The Hall–Kier alpha value is -3.70. The van der Waals surface area contributed by atoms with Gasteiger partial charge in [0.2, 0.25) is 0 Å². The van der Waals surface area contributed by atoms with Gasteiger partial charge in [0.25, 0.3) is 0 Å². The maximum Gasteiger partial charge on any atom is 0.149 e. The molecule has 1 aromatic heterocycles. The first kappa shape index (κ1) is 18.7. The lowest BCUT2D eigenvalue weighted by Gasteiger charge is -2.24. The predicted octanol–water partition coefficient (Wildman–Crippen LogP) is 5.56. The van der Waals surface area contributed by atoms with E-state index < -0.39 is 0 Å². The maximum absolute atomic E-state index is 5.65. The summed E-state index contributed by atoms with van der Waals surface area (Å²) in [4.78, 5) is 0. The van der Waals surface area contributed by atoms with E-state index in [1.807, 2.05) is 84.9 Å². The Morgan fingerprint density at radius 1 is 0.897 bits per heavy atom. The lowest BCUT2D eigenvalue weighted by atomic mass is 10.0.